The summed E-state index contributed by atoms with van der Waals surface area (Å²) < 4.78 is 5.60. The van der Waals surface area contributed by atoms with E-state index in [0.29, 0.717) is 17.3 Å². The lowest BCUT2D eigenvalue weighted by Crippen LogP contribution is -2.19. The first-order valence-corrected chi connectivity index (χ1v) is 8.57. The van der Waals surface area contributed by atoms with Gasteiger partial charge in [-0.25, -0.2) is 9.97 Å². The Labute approximate surface area is 149 Å². The van der Waals surface area contributed by atoms with Gasteiger partial charge in [0.05, 0.1) is 6.10 Å². The maximum absolute atomic E-state index is 12.5. The molecule has 2 aromatic rings. The predicted octanol–water partition coefficient (Wildman–Crippen LogP) is 4.03. The lowest BCUT2D eigenvalue weighted by atomic mass is 10.2. The molecule has 0 saturated carbocycles. The Balaban J connectivity index is 2.09. The molecule has 0 bridgehead atoms. The summed E-state index contributed by atoms with van der Waals surface area (Å²) in [7, 11) is 0. The minimum absolute atomic E-state index is 0.112. The smallest absolute Gasteiger partial charge is 0.274 e. The van der Waals surface area contributed by atoms with Crippen LogP contribution in [0.5, 0.6) is 5.75 Å². The number of hydrogen-bond donors (Lipinski definition) is 2. The third-order valence-electron chi connectivity index (χ3n) is 3.56. The summed E-state index contributed by atoms with van der Waals surface area (Å²) in [6.45, 7) is 9.91. The number of nitrogens with one attached hydrogen (secondary N) is 2. The highest BCUT2D eigenvalue weighted by atomic mass is 16.5. The van der Waals surface area contributed by atoms with Crippen LogP contribution in [0.2, 0.25) is 0 Å². The molecule has 0 aliphatic rings. The van der Waals surface area contributed by atoms with Gasteiger partial charge in [-0.1, -0.05) is 6.92 Å². The second-order valence-electron chi connectivity index (χ2n) is 6.32. The highest BCUT2D eigenvalue weighted by Gasteiger charge is 2.12. The SMILES string of the molecule is CCC(C)Nc1nc(C)cc(C(=O)Nc2ccc(OC(C)C)cc2)n1. The molecular formula is C19H26N4O2. The molecule has 0 aliphatic heterocycles. The maximum Gasteiger partial charge on any atom is 0.274 e. The average Bonchev–Trinajstić information content (AvgIpc) is 2.55. The molecule has 0 spiro atoms. The Morgan fingerprint density at radius 2 is 1.84 bits per heavy atom. The molecule has 134 valence electrons. The molecule has 6 heteroatoms. The zero-order valence-corrected chi connectivity index (χ0v) is 15.5. The van der Waals surface area contributed by atoms with Crippen molar-refractivity contribution in [3.63, 3.8) is 0 Å². The molecule has 0 fully saturated rings. The lowest BCUT2D eigenvalue weighted by Gasteiger charge is -2.13. The van der Waals surface area contributed by atoms with Crippen molar-refractivity contribution >= 4 is 17.5 Å². The Hall–Kier alpha value is -2.63. The first kappa shape index (κ1) is 18.7. The minimum Gasteiger partial charge on any atom is -0.491 e. The third kappa shape index (κ3) is 5.74. The van der Waals surface area contributed by atoms with Crippen LogP contribution in [0.25, 0.3) is 0 Å². The van der Waals surface area contributed by atoms with Crippen LogP contribution >= 0.6 is 0 Å². The quantitative estimate of drug-likeness (QED) is 0.794. The molecule has 1 atom stereocenters. The summed E-state index contributed by atoms with van der Waals surface area (Å²) in [6, 6.07) is 9.19. The van der Waals surface area contributed by atoms with Crippen molar-refractivity contribution in [2.45, 2.75) is 53.2 Å². The molecule has 25 heavy (non-hydrogen) atoms. The van der Waals surface area contributed by atoms with Crippen LogP contribution in [0.4, 0.5) is 11.6 Å². The van der Waals surface area contributed by atoms with Crippen molar-refractivity contribution in [1.82, 2.24) is 9.97 Å². The van der Waals surface area contributed by atoms with Gasteiger partial charge in [-0.15, -0.1) is 0 Å². The fraction of sp³-hybridized carbons (Fsp3) is 0.421. The molecule has 1 heterocycles. The highest BCUT2D eigenvalue weighted by Crippen LogP contribution is 2.18. The van der Waals surface area contributed by atoms with Crippen LogP contribution in [0.15, 0.2) is 30.3 Å². The van der Waals surface area contributed by atoms with Crippen LogP contribution in [0.3, 0.4) is 0 Å². The van der Waals surface area contributed by atoms with Crippen molar-refractivity contribution in [3.05, 3.63) is 41.7 Å². The highest BCUT2D eigenvalue weighted by molar-refractivity contribution is 6.03. The molecule has 0 saturated heterocycles. The van der Waals surface area contributed by atoms with Gasteiger partial charge in [0.15, 0.2) is 0 Å². The van der Waals surface area contributed by atoms with Crippen molar-refractivity contribution < 1.29 is 9.53 Å². The average molecular weight is 342 g/mol. The number of amides is 1. The van der Waals surface area contributed by atoms with E-state index in [4.69, 9.17) is 4.74 Å². The number of aromatic nitrogens is 2. The number of carbonyl (C=O) groups excluding carboxylic acids is 1. The molecule has 0 aliphatic carbocycles. The Bertz CT molecular complexity index is 714. The second-order valence-corrected chi connectivity index (χ2v) is 6.32. The van der Waals surface area contributed by atoms with Crippen LogP contribution in [0.1, 0.15) is 50.3 Å². The summed E-state index contributed by atoms with van der Waals surface area (Å²) in [5.74, 6) is 0.973. The minimum atomic E-state index is -0.268. The van der Waals surface area contributed by atoms with Gasteiger partial charge in [0, 0.05) is 17.4 Å². The van der Waals surface area contributed by atoms with Gasteiger partial charge >= 0.3 is 0 Å². The molecule has 1 unspecified atom stereocenters. The van der Waals surface area contributed by atoms with E-state index >= 15 is 0 Å². The van der Waals surface area contributed by atoms with Gasteiger partial charge < -0.3 is 15.4 Å². The fourth-order valence-corrected chi connectivity index (χ4v) is 2.16. The number of rotatable bonds is 7. The monoisotopic (exact) mass is 342 g/mol. The molecule has 1 aromatic heterocycles. The number of ether oxygens (including phenoxy) is 1. The molecule has 0 radical (unpaired) electrons. The standard InChI is InChI=1S/C19H26N4O2/c1-6-13(4)20-19-21-14(5)11-17(23-19)18(24)22-15-7-9-16(10-8-15)25-12(2)3/h7-13H,6H2,1-5H3,(H,22,24)(H,20,21,23). The largest absolute Gasteiger partial charge is 0.491 e. The van der Waals surface area contributed by atoms with E-state index in [1.165, 1.54) is 0 Å². The van der Waals surface area contributed by atoms with Crippen molar-refractivity contribution in [3.8, 4) is 5.75 Å². The normalized spacial score (nSPS) is 11.9. The first-order chi connectivity index (χ1) is 11.9. The van der Waals surface area contributed by atoms with E-state index in [2.05, 4.69) is 27.5 Å². The zero-order valence-electron chi connectivity index (χ0n) is 15.5. The van der Waals surface area contributed by atoms with E-state index in [1.54, 1.807) is 6.07 Å². The number of carbonyl (C=O) groups is 1. The van der Waals surface area contributed by atoms with Crippen molar-refractivity contribution in [2.75, 3.05) is 10.6 Å². The number of aryl methyl sites for hydroxylation is 1. The summed E-state index contributed by atoms with van der Waals surface area (Å²) in [4.78, 5) is 21.1. The molecule has 2 rings (SSSR count). The van der Waals surface area contributed by atoms with Gasteiger partial charge in [0.1, 0.15) is 11.4 Å². The van der Waals surface area contributed by atoms with Gasteiger partial charge in [-0.05, 0) is 64.4 Å². The first-order valence-electron chi connectivity index (χ1n) is 8.57. The van der Waals surface area contributed by atoms with Crippen LogP contribution < -0.4 is 15.4 Å². The van der Waals surface area contributed by atoms with E-state index < -0.39 is 0 Å². The molecule has 1 amide bonds. The lowest BCUT2D eigenvalue weighted by molar-refractivity contribution is 0.102. The van der Waals surface area contributed by atoms with Gasteiger partial charge in [-0.3, -0.25) is 4.79 Å². The summed E-state index contributed by atoms with van der Waals surface area (Å²) in [6.07, 6.45) is 1.06. The Morgan fingerprint density at radius 1 is 1.16 bits per heavy atom. The van der Waals surface area contributed by atoms with E-state index in [9.17, 15) is 4.79 Å². The fourth-order valence-electron chi connectivity index (χ4n) is 2.16. The van der Waals surface area contributed by atoms with Gasteiger partial charge in [0.25, 0.3) is 5.91 Å². The van der Waals surface area contributed by atoms with Gasteiger partial charge in [-0.2, -0.15) is 0 Å². The van der Waals surface area contributed by atoms with Crippen LogP contribution in [0, 0.1) is 6.92 Å². The Morgan fingerprint density at radius 3 is 2.44 bits per heavy atom. The summed E-state index contributed by atoms with van der Waals surface area (Å²) in [5, 5.41) is 6.05. The van der Waals surface area contributed by atoms with Crippen molar-refractivity contribution in [2.24, 2.45) is 0 Å². The van der Waals surface area contributed by atoms with E-state index in [1.807, 2.05) is 52.0 Å². The Kier molecular flexibility index (Phi) is 6.33. The number of hydrogen-bond acceptors (Lipinski definition) is 5. The number of anilines is 2. The summed E-state index contributed by atoms with van der Waals surface area (Å²) in [5.41, 5.74) is 1.77. The molecule has 6 nitrogen and oxygen atoms in total. The predicted molar refractivity (Wildman–Crippen MR) is 100 cm³/mol. The third-order valence-corrected chi connectivity index (χ3v) is 3.56. The van der Waals surface area contributed by atoms with Crippen LogP contribution in [-0.4, -0.2) is 28.0 Å². The topological polar surface area (TPSA) is 76.1 Å². The van der Waals surface area contributed by atoms with E-state index in [0.717, 1.165) is 17.9 Å². The summed E-state index contributed by atoms with van der Waals surface area (Å²) >= 11 is 0. The van der Waals surface area contributed by atoms with Crippen molar-refractivity contribution in [1.29, 1.82) is 0 Å². The van der Waals surface area contributed by atoms with Gasteiger partial charge in [0.2, 0.25) is 5.95 Å². The second kappa shape index (κ2) is 8.46. The molecule has 1 aromatic carbocycles. The van der Waals surface area contributed by atoms with Crippen LogP contribution in [-0.2, 0) is 0 Å². The van der Waals surface area contributed by atoms with E-state index in [-0.39, 0.29) is 18.1 Å². The molecule has 2 N–H and O–H groups in total. The number of nitrogens with zero attached hydrogens (tertiary/aromatic N) is 2. The molecular weight excluding hydrogens is 316 g/mol. The maximum atomic E-state index is 12.5. The number of benzene rings is 1. The zero-order chi connectivity index (χ0) is 18.4.